The lowest BCUT2D eigenvalue weighted by Crippen LogP contribution is -2.22. The first-order valence-electron chi connectivity index (χ1n) is 11.8. The van der Waals surface area contributed by atoms with Crippen LogP contribution in [0.4, 0.5) is 0 Å². The first-order chi connectivity index (χ1) is 18.0. The van der Waals surface area contributed by atoms with Crippen LogP contribution in [0.1, 0.15) is 47.6 Å². The van der Waals surface area contributed by atoms with Crippen LogP contribution in [0.25, 0.3) is 6.08 Å². The van der Waals surface area contributed by atoms with Gasteiger partial charge in [-0.15, -0.1) is 5.10 Å². The highest BCUT2D eigenvalue weighted by Gasteiger charge is 2.35. The first kappa shape index (κ1) is 26.0. The lowest BCUT2D eigenvalue weighted by Gasteiger charge is -2.27. The lowest BCUT2D eigenvalue weighted by molar-refractivity contribution is -0.145. The molecule has 0 N–H and O–H groups in total. The highest BCUT2D eigenvalue weighted by molar-refractivity contribution is 5.87. The molecule has 4 rings (SSSR count). The van der Waals surface area contributed by atoms with E-state index in [4.69, 9.17) is 28.4 Å². The SMILES string of the molecule is COc1ccc(Cn2nnc3c2[C@H](OC)CC[C@H]3OC(=O)/C=C/c2cc(OC)c(OC)c(OC)c2)cc1. The topological polar surface area (TPSA) is 103 Å². The van der Waals surface area contributed by atoms with Crippen LogP contribution in [0, 0.1) is 0 Å². The summed E-state index contributed by atoms with van der Waals surface area (Å²) >= 11 is 0. The van der Waals surface area contributed by atoms with Crippen LogP contribution in [-0.2, 0) is 20.8 Å². The number of ether oxygens (including phenoxy) is 6. The Hall–Kier alpha value is -4.05. The lowest BCUT2D eigenvalue weighted by atomic mass is 9.95. The molecule has 10 nitrogen and oxygen atoms in total. The summed E-state index contributed by atoms with van der Waals surface area (Å²) in [6, 6.07) is 11.2. The van der Waals surface area contributed by atoms with Gasteiger partial charge in [0.15, 0.2) is 11.5 Å². The normalized spacial score (nSPS) is 16.8. The average Bonchev–Trinajstić information content (AvgIpc) is 3.36. The maximum atomic E-state index is 12.7. The molecule has 0 saturated heterocycles. The van der Waals surface area contributed by atoms with Gasteiger partial charge in [0.2, 0.25) is 5.75 Å². The van der Waals surface area contributed by atoms with Crippen LogP contribution in [0.3, 0.4) is 0 Å². The third-order valence-electron chi connectivity index (χ3n) is 6.24. The number of carbonyl (C=O) groups excluding carboxylic acids is 1. The summed E-state index contributed by atoms with van der Waals surface area (Å²) in [5, 5.41) is 8.71. The predicted molar refractivity (Wildman–Crippen MR) is 135 cm³/mol. The molecule has 196 valence electrons. The molecule has 10 heteroatoms. The van der Waals surface area contributed by atoms with Gasteiger partial charge >= 0.3 is 5.97 Å². The highest BCUT2D eigenvalue weighted by Crippen LogP contribution is 2.40. The van der Waals surface area contributed by atoms with Gasteiger partial charge in [-0.05, 0) is 54.3 Å². The van der Waals surface area contributed by atoms with Gasteiger partial charge in [-0.3, -0.25) is 0 Å². The smallest absolute Gasteiger partial charge is 0.331 e. The molecule has 0 unspecified atom stereocenters. The van der Waals surface area contributed by atoms with Gasteiger partial charge in [-0.1, -0.05) is 17.3 Å². The molecule has 0 bridgehead atoms. The van der Waals surface area contributed by atoms with Crippen molar-refractivity contribution in [2.75, 3.05) is 35.5 Å². The Labute approximate surface area is 215 Å². The molecular weight excluding hydrogens is 478 g/mol. The minimum atomic E-state index is -0.525. The Bertz CT molecular complexity index is 1230. The number of methoxy groups -OCH3 is 5. The van der Waals surface area contributed by atoms with E-state index in [1.165, 1.54) is 27.4 Å². The number of hydrogen-bond donors (Lipinski definition) is 0. The summed E-state index contributed by atoms with van der Waals surface area (Å²) in [4.78, 5) is 12.7. The van der Waals surface area contributed by atoms with E-state index >= 15 is 0 Å². The second-order valence-electron chi connectivity index (χ2n) is 8.38. The molecule has 3 aromatic rings. The summed E-state index contributed by atoms with van der Waals surface area (Å²) < 4.78 is 34.6. The standard InChI is InChI=1S/C27H31N3O7/c1-32-19-9-6-17(7-10-19)16-30-26-21(33-2)12-11-20(25(26)28-29-30)37-24(31)13-8-18-14-22(34-3)27(36-5)23(15-18)35-4/h6-10,13-15,20-21H,11-12,16H2,1-5H3/b13-8+/t20-,21-/m1/s1. The van der Waals surface area contributed by atoms with E-state index in [0.29, 0.717) is 47.9 Å². The molecule has 0 saturated carbocycles. The molecule has 0 aliphatic heterocycles. The molecular formula is C27H31N3O7. The number of rotatable bonds is 10. The van der Waals surface area contributed by atoms with Crippen molar-refractivity contribution < 1.29 is 33.2 Å². The Morgan fingerprint density at radius 3 is 2.22 bits per heavy atom. The van der Waals surface area contributed by atoms with Crippen LogP contribution in [-0.4, -0.2) is 56.5 Å². The minimum absolute atomic E-state index is 0.187. The van der Waals surface area contributed by atoms with Crippen molar-refractivity contribution in [3.63, 3.8) is 0 Å². The van der Waals surface area contributed by atoms with Gasteiger partial charge in [0.25, 0.3) is 0 Å². The van der Waals surface area contributed by atoms with Gasteiger partial charge in [-0.2, -0.15) is 0 Å². The van der Waals surface area contributed by atoms with E-state index in [1.54, 1.807) is 37.1 Å². The maximum Gasteiger partial charge on any atom is 0.331 e. The highest BCUT2D eigenvalue weighted by atomic mass is 16.5. The minimum Gasteiger partial charge on any atom is -0.497 e. The van der Waals surface area contributed by atoms with E-state index in [-0.39, 0.29) is 6.10 Å². The van der Waals surface area contributed by atoms with Crippen LogP contribution in [0.15, 0.2) is 42.5 Å². The predicted octanol–water partition coefficient (Wildman–Crippen LogP) is 4.14. The zero-order valence-corrected chi connectivity index (χ0v) is 21.6. The van der Waals surface area contributed by atoms with Crippen LogP contribution in [0.5, 0.6) is 23.0 Å². The van der Waals surface area contributed by atoms with Gasteiger partial charge in [0.1, 0.15) is 23.7 Å². The summed E-state index contributed by atoms with van der Waals surface area (Å²) in [6.07, 6.45) is 3.54. The van der Waals surface area contributed by atoms with E-state index in [0.717, 1.165) is 17.0 Å². The monoisotopic (exact) mass is 509 g/mol. The number of aromatic nitrogens is 3. The summed E-state index contributed by atoms with van der Waals surface area (Å²) in [5.41, 5.74) is 3.16. The fourth-order valence-corrected chi connectivity index (χ4v) is 4.38. The number of esters is 1. The maximum absolute atomic E-state index is 12.7. The Balaban J connectivity index is 1.51. The number of hydrogen-bond acceptors (Lipinski definition) is 9. The Morgan fingerprint density at radius 2 is 1.62 bits per heavy atom. The Morgan fingerprint density at radius 1 is 0.946 bits per heavy atom. The molecule has 0 radical (unpaired) electrons. The van der Waals surface area contributed by atoms with Gasteiger partial charge in [0.05, 0.1) is 40.7 Å². The molecule has 37 heavy (non-hydrogen) atoms. The molecule has 0 spiro atoms. The number of carbonyl (C=O) groups is 1. The van der Waals surface area contributed by atoms with Gasteiger partial charge in [-0.25, -0.2) is 9.48 Å². The van der Waals surface area contributed by atoms with Crippen molar-refractivity contribution in [2.45, 2.75) is 31.6 Å². The van der Waals surface area contributed by atoms with E-state index in [9.17, 15) is 4.79 Å². The van der Waals surface area contributed by atoms with E-state index in [1.807, 2.05) is 24.3 Å². The molecule has 1 aliphatic carbocycles. The fourth-order valence-electron chi connectivity index (χ4n) is 4.38. The second-order valence-corrected chi connectivity index (χ2v) is 8.38. The molecule has 1 aromatic heterocycles. The third-order valence-corrected chi connectivity index (χ3v) is 6.24. The molecule has 1 aliphatic rings. The number of nitrogens with zero attached hydrogens (tertiary/aromatic N) is 3. The van der Waals surface area contributed by atoms with E-state index in [2.05, 4.69) is 10.3 Å². The fraction of sp³-hybridized carbons (Fsp3) is 0.370. The quantitative estimate of drug-likeness (QED) is 0.295. The summed E-state index contributed by atoms with van der Waals surface area (Å²) in [5.74, 6) is 1.75. The number of fused-ring (bicyclic) bond motifs is 1. The first-order valence-corrected chi connectivity index (χ1v) is 11.8. The molecule has 0 amide bonds. The van der Waals surface area contributed by atoms with Crippen LogP contribution < -0.4 is 18.9 Å². The molecule has 2 aromatic carbocycles. The van der Waals surface area contributed by atoms with Gasteiger partial charge < -0.3 is 28.4 Å². The average molecular weight is 510 g/mol. The van der Waals surface area contributed by atoms with Crippen LogP contribution in [0.2, 0.25) is 0 Å². The largest absolute Gasteiger partial charge is 0.497 e. The van der Waals surface area contributed by atoms with Crippen molar-refractivity contribution in [2.24, 2.45) is 0 Å². The number of benzene rings is 2. The molecule has 2 atom stereocenters. The molecule has 0 fully saturated rings. The Kier molecular flexibility index (Phi) is 8.29. The van der Waals surface area contributed by atoms with Crippen molar-refractivity contribution in [1.29, 1.82) is 0 Å². The van der Waals surface area contributed by atoms with Gasteiger partial charge in [0, 0.05) is 13.2 Å². The third kappa shape index (κ3) is 5.69. The van der Waals surface area contributed by atoms with Crippen molar-refractivity contribution in [3.05, 3.63) is 65.0 Å². The molecule has 1 heterocycles. The van der Waals surface area contributed by atoms with E-state index < -0.39 is 12.1 Å². The summed E-state index contributed by atoms with van der Waals surface area (Å²) in [6.45, 7) is 0.508. The second kappa shape index (κ2) is 11.8. The van der Waals surface area contributed by atoms with Crippen LogP contribution >= 0.6 is 0 Å². The zero-order valence-electron chi connectivity index (χ0n) is 21.6. The van der Waals surface area contributed by atoms with Crippen molar-refractivity contribution in [1.82, 2.24) is 15.0 Å². The van der Waals surface area contributed by atoms with Crippen molar-refractivity contribution in [3.8, 4) is 23.0 Å². The van der Waals surface area contributed by atoms with Crippen molar-refractivity contribution >= 4 is 12.0 Å². The zero-order chi connectivity index (χ0) is 26.4. The summed E-state index contributed by atoms with van der Waals surface area (Å²) in [7, 11) is 7.90.